The monoisotopic (exact) mass is 425 g/mol. The minimum Gasteiger partial charge on any atom is -0.495 e. The summed E-state index contributed by atoms with van der Waals surface area (Å²) in [6.07, 6.45) is 1.37. The number of hydrogen-bond donors (Lipinski definition) is 1. The number of piperazine rings is 1. The quantitative estimate of drug-likeness (QED) is 0.630. The van der Waals surface area contributed by atoms with Crippen LogP contribution in [0.5, 0.6) is 11.5 Å². The zero-order valence-electron chi connectivity index (χ0n) is 17.5. The fraction of sp³-hybridized carbons (Fsp3) is 0.292. The lowest BCUT2D eigenvalue weighted by Gasteiger charge is -2.34. The van der Waals surface area contributed by atoms with Crippen LogP contribution in [0.4, 0.5) is 10.1 Å². The maximum absolute atomic E-state index is 13.0. The molecule has 3 aromatic rings. The molecule has 7 heteroatoms. The highest BCUT2D eigenvalue weighted by molar-refractivity contribution is 5.58. The third-order valence-corrected chi connectivity index (χ3v) is 5.48. The van der Waals surface area contributed by atoms with Gasteiger partial charge in [0.05, 0.1) is 39.0 Å². The molecule has 0 aliphatic carbocycles. The van der Waals surface area contributed by atoms with Crippen LogP contribution in [-0.4, -0.2) is 33.3 Å². The highest BCUT2D eigenvalue weighted by Crippen LogP contribution is 2.27. The van der Waals surface area contributed by atoms with Gasteiger partial charge in [-0.15, -0.1) is 0 Å². The van der Waals surface area contributed by atoms with E-state index in [9.17, 15) is 9.18 Å². The molecule has 2 aromatic carbocycles. The van der Waals surface area contributed by atoms with Gasteiger partial charge in [0.2, 0.25) is 11.2 Å². The van der Waals surface area contributed by atoms with Crippen LogP contribution in [0.1, 0.15) is 11.3 Å². The predicted molar refractivity (Wildman–Crippen MR) is 115 cm³/mol. The van der Waals surface area contributed by atoms with Crippen LogP contribution < -0.4 is 24.7 Å². The minimum absolute atomic E-state index is 0.157. The maximum Gasteiger partial charge on any atom is 0.227 e. The Bertz CT molecular complexity index is 1060. The smallest absolute Gasteiger partial charge is 0.227 e. The normalized spacial score (nSPS) is 14.5. The predicted octanol–water partition coefficient (Wildman–Crippen LogP) is 2.27. The number of nitrogens with one attached hydrogen (secondary N) is 1. The molecule has 0 radical (unpaired) electrons. The number of anilines is 1. The van der Waals surface area contributed by atoms with Crippen LogP contribution in [0.15, 0.2) is 70.1 Å². The average Bonchev–Trinajstić information content (AvgIpc) is 2.80. The van der Waals surface area contributed by atoms with E-state index in [1.807, 2.05) is 18.2 Å². The molecule has 1 fully saturated rings. The lowest BCUT2D eigenvalue weighted by atomic mass is 10.2. The summed E-state index contributed by atoms with van der Waals surface area (Å²) in [5, 5.41) is 0. The van der Waals surface area contributed by atoms with Crippen LogP contribution in [0.2, 0.25) is 0 Å². The largest absolute Gasteiger partial charge is 0.495 e. The molecule has 1 aliphatic rings. The van der Waals surface area contributed by atoms with Gasteiger partial charge >= 0.3 is 0 Å². The number of nitrogens with zero attached hydrogens (tertiary/aromatic N) is 1. The molecule has 0 atom stereocenters. The van der Waals surface area contributed by atoms with Gasteiger partial charge in [-0.2, -0.15) is 0 Å². The van der Waals surface area contributed by atoms with Crippen LogP contribution in [0, 0.1) is 5.82 Å². The molecule has 1 aromatic heterocycles. The zero-order valence-corrected chi connectivity index (χ0v) is 17.5. The Kier molecular flexibility index (Phi) is 6.52. The maximum atomic E-state index is 13.0. The van der Waals surface area contributed by atoms with Crippen molar-refractivity contribution in [1.29, 1.82) is 0 Å². The van der Waals surface area contributed by atoms with E-state index in [0.29, 0.717) is 12.3 Å². The molecule has 1 saturated heterocycles. The molecular weight excluding hydrogens is 399 g/mol. The number of rotatable bonds is 7. The van der Waals surface area contributed by atoms with E-state index in [1.165, 1.54) is 29.4 Å². The lowest BCUT2D eigenvalue weighted by Crippen LogP contribution is -3.13. The summed E-state index contributed by atoms with van der Waals surface area (Å²) in [5.74, 6) is 1.37. The van der Waals surface area contributed by atoms with E-state index in [4.69, 9.17) is 13.9 Å². The molecule has 4 rings (SSSR count). The van der Waals surface area contributed by atoms with E-state index in [0.717, 1.165) is 43.2 Å². The molecule has 0 amide bonds. The van der Waals surface area contributed by atoms with Gasteiger partial charge in [-0.3, -0.25) is 4.79 Å². The lowest BCUT2D eigenvalue weighted by molar-refractivity contribution is -0.915. The number of quaternary nitrogens is 1. The number of benzene rings is 2. The number of halogens is 1. The van der Waals surface area contributed by atoms with Gasteiger partial charge in [0, 0.05) is 6.07 Å². The van der Waals surface area contributed by atoms with Crippen molar-refractivity contribution >= 4 is 5.69 Å². The van der Waals surface area contributed by atoms with Crippen LogP contribution in [0.25, 0.3) is 0 Å². The Hall–Kier alpha value is -3.32. The fourth-order valence-electron chi connectivity index (χ4n) is 3.76. The Morgan fingerprint density at radius 1 is 1.06 bits per heavy atom. The van der Waals surface area contributed by atoms with Gasteiger partial charge < -0.3 is 23.7 Å². The van der Waals surface area contributed by atoms with Crippen molar-refractivity contribution in [1.82, 2.24) is 0 Å². The number of hydrogen-bond acceptors (Lipinski definition) is 5. The number of methoxy groups -OCH3 is 1. The molecule has 1 N–H and O–H groups in total. The summed E-state index contributed by atoms with van der Waals surface area (Å²) >= 11 is 0. The summed E-state index contributed by atoms with van der Waals surface area (Å²) < 4.78 is 29.6. The highest BCUT2D eigenvalue weighted by Gasteiger charge is 2.23. The average molecular weight is 425 g/mol. The van der Waals surface area contributed by atoms with Gasteiger partial charge in [0.1, 0.15) is 31.0 Å². The molecule has 0 spiro atoms. The number of para-hydroxylation sites is 2. The second-order valence-electron chi connectivity index (χ2n) is 7.58. The molecule has 0 bridgehead atoms. The zero-order chi connectivity index (χ0) is 21.6. The second-order valence-corrected chi connectivity index (χ2v) is 7.58. The molecule has 31 heavy (non-hydrogen) atoms. The minimum atomic E-state index is -0.307. The Morgan fingerprint density at radius 3 is 2.52 bits per heavy atom. The SMILES string of the molecule is COc1ccccc1N1CC[NH+](Cc2cc(=O)c(OCc3ccc(F)cc3)co2)CC1. The third-order valence-electron chi connectivity index (χ3n) is 5.48. The van der Waals surface area contributed by atoms with E-state index >= 15 is 0 Å². The summed E-state index contributed by atoms with van der Waals surface area (Å²) in [6, 6.07) is 15.5. The molecule has 0 saturated carbocycles. The van der Waals surface area contributed by atoms with Gasteiger partial charge in [-0.1, -0.05) is 24.3 Å². The number of ether oxygens (including phenoxy) is 2. The van der Waals surface area contributed by atoms with Crippen LogP contribution >= 0.6 is 0 Å². The van der Waals surface area contributed by atoms with Gasteiger partial charge in [0.15, 0.2) is 5.76 Å². The fourth-order valence-corrected chi connectivity index (χ4v) is 3.76. The van der Waals surface area contributed by atoms with E-state index in [1.54, 1.807) is 19.2 Å². The first-order valence-corrected chi connectivity index (χ1v) is 10.3. The summed E-state index contributed by atoms with van der Waals surface area (Å²) in [5.41, 5.74) is 1.68. The Balaban J connectivity index is 1.31. The topological polar surface area (TPSA) is 56.4 Å². The molecular formula is C24H26FN2O4+. The van der Waals surface area contributed by atoms with E-state index < -0.39 is 0 Å². The van der Waals surface area contributed by atoms with Crippen LogP contribution in [0.3, 0.4) is 0 Å². The Labute approximate surface area is 180 Å². The summed E-state index contributed by atoms with van der Waals surface area (Å²) in [4.78, 5) is 16.1. The van der Waals surface area contributed by atoms with Crippen molar-refractivity contribution in [2.75, 3.05) is 38.2 Å². The Morgan fingerprint density at radius 2 is 1.81 bits per heavy atom. The summed E-state index contributed by atoms with van der Waals surface area (Å²) in [6.45, 7) is 4.50. The van der Waals surface area contributed by atoms with Gasteiger partial charge in [0.25, 0.3) is 0 Å². The van der Waals surface area contributed by atoms with E-state index in [2.05, 4.69) is 11.0 Å². The molecule has 6 nitrogen and oxygen atoms in total. The third kappa shape index (κ3) is 5.24. The van der Waals surface area contributed by atoms with Crippen molar-refractivity contribution in [3.05, 3.63) is 88.2 Å². The van der Waals surface area contributed by atoms with Crippen molar-refractivity contribution in [2.45, 2.75) is 13.2 Å². The van der Waals surface area contributed by atoms with Crippen molar-refractivity contribution in [3.8, 4) is 11.5 Å². The summed E-state index contributed by atoms with van der Waals surface area (Å²) in [7, 11) is 1.69. The first kappa shape index (κ1) is 20.9. The molecule has 1 aliphatic heterocycles. The van der Waals surface area contributed by atoms with Crippen molar-refractivity contribution in [3.63, 3.8) is 0 Å². The van der Waals surface area contributed by atoms with Crippen molar-refractivity contribution in [2.24, 2.45) is 0 Å². The van der Waals surface area contributed by atoms with Gasteiger partial charge in [-0.05, 0) is 29.8 Å². The first-order chi connectivity index (χ1) is 15.1. The van der Waals surface area contributed by atoms with E-state index in [-0.39, 0.29) is 23.6 Å². The molecule has 2 heterocycles. The van der Waals surface area contributed by atoms with Crippen LogP contribution in [-0.2, 0) is 13.2 Å². The highest BCUT2D eigenvalue weighted by atomic mass is 19.1. The van der Waals surface area contributed by atoms with Crippen molar-refractivity contribution < 1.29 is 23.2 Å². The van der Waals surface area contributed by atoms with Gasteiger partial charge in [-0.25, -0.2) is 4.39 Å². The standard InChI is InChI=1S/C24H25FN2O4/c1-29-23-5-3-2-4-21(23)27-12-10-26(11-13-27)15-20-14-22(28)24(17-30-20)31-16-18-6-8-19(25)9-7-18/h2-9,14,17H,10-13,15-16H2,1H3/p+1. The molecule has 162 valence electrons. The second kappa shape index (κ2) is 9.66. The molecule has 0 unspecified atom stereocenters. The first-order valence-electron chi connectivity index (χ1n) is 10.3.